The Morgan fingerprint density at radius 2 is 1.72 bits per heavy atom. The van der Waals surface area contributed by atoms with Crippen LogP contribution >= 0.6 is 11.8 Å². The van der Waals surface area contributed by atoms with E-state index in [2.05, 4.69) is 0 Å². The van der Waals surface area contributed by atoms with E-state index in [1.165, 1.54) is 35.9 Å². The molecule has 1 fully saturated rings. The van der Waals surface area contributed by atoms with Crippen LogP contribution in [0.1, 0.15) is 39.3 Å². The number of rotatable bonds is 4. The molecule has 8 heteroatoms. The fourth-order valence-corrected chi connectivity index (χ4v) is 4.61. The molecule has 3 rings (SSSR count). The van der Waals surface area contributed by atoms with Crippen molar-refractivity contribution in [2.75, 3.05) is 12.9 Å². The van der Waals surface area contributed by atoms with Crippen LogP contribution < -0.4 is 0 Å². The summed E-state index contributed by atoms with van der Waals surface area (Å²) in [5.41, 5.74) is 1.24. The smallest absolute Gasteiger partial charge is 0.416 e. The Hall–Kier alpha value is -2.48. The lowest BCUT2D eigenvalue weighted by molar-refractivity contribution is -0.145. The highest BCUT2D eigenvalue weighted by Gasteiger charge is 2.43. The Morgan fingerprint density at radius 3 is 2.24 bits per heavy atom. The fourth-order valence-electron chi connectivity index (χ4n) is 3.20. The highest BCUT2D eigenvalue weighted by Crippen LogP contribution is 2.43. The Labute approximate surface area is 171 Å². The minimum Gasteiger partial charge on any atom is -0.467 e. The van der Waals surface area contributed by atoms with Gasteiger partial charge in [0, 0.05) is 11.3 Å². The van der Waals surface area contributed by atoms with Crippen LogP contribution in [0.4, 0.5) is 13.2 Å². The van der Waals surface area contributed by atoms with Crippen LogP contribution in [0.15, 0.2) is 48.5 Å². The van der Waals surface area contributed by atoms with Gasteiger partial charge in [0.1, 0.15) is 11.4 Å². The highest BCUT2D eigenvalue weighted by molar-refractivity contribution is 7.99. The second-order valence-electron chi connectivity index (χ2n) is 6.61. The maximum absolute atomic E-state index is 13.2. The third-order valence-electron chi connectivity index (χ3n) is 4.84. The maximum atomic E-state index is 13.2. The molecule has 2 aromatic rings. The Kier molecular flexibility index (Phi) is 6.21. The van der Waals surface area contributed by atoms with E-state index >= 15 is 0 Å². The molecule has 1 aliphatic heterocycles. The zero-order valence-electron chi connectivity index (χ0n) is 15.9. The summed E-state index contributed by atoms with van der Waals surface area (Å²) in [5, 5.41) is -0.584. The van der Waals surface area contributed by atoms with E-state index in [1.54, 1.807) is 12.1 Å². The predicted octanol–water partition coefficient (Wildman–Crippen LogP) is 4.70. The number of thioether (sulfide) groups is 1. The summed E-state index contributed by atoms with van der Waals surface area (Å²) in [5.74, 6) is -0.611. The Morgan fingerprint density at radius 1 is 1.10 bits per heavy atom. The van der Waals surface area contributed by atoms with Crippen molar-refractivity contribution in [2.24, 2.45) is 0 Å². The molecule has 0 aliphatic carbocycles. The number of benzene rings is 2. The first-order valence-electron chi connectivity index (χ1n) is 9.04. The molecule has 0 aromatic heterocycles. The molecule has 1 saturated heterocycles. The van der Waals surface area contributed by atoms with Crippen LogP contribution in [0.5, 0.6) is 0 Å². The molecule has 0 saturated carbocycles. The summed E-state index contributed by atoms with van der Waals surface area (Å²) in [6.45, 7) is 2.00. The van der Waals surface area contributed by atoms with Crippen molar-refractivity contribution in [2.45, 2.75) is 30.9 Å². The molecule has 154 valence electrons. The van der Waals surface area contributed by atoms with Gasteiger partial charge in [0.05, 0.1) is 12.7 Å². The number of amides is 1. The van der Waals surface area contributed by atoms with Gasteiger partial charge in [-0.1, -0.05) is 31.2 Å². The number of methoxy groups -OCH3 is 1. The van der Waals surface area contributed by atoms with E-state index in [9.17, 15) is 22.8 Å². The normalized spacial score (nSPS) is 19.3. The van der Waals surface area contributed by atoms with Crippen molar-refractivity contribution in [3.05, 3.63) is 70.8 Å². The second-order valence-corrected chi connectivity index (χ2v) is 7.72. The molecule has 0 spiro atoms. The van der Waals surface area contributed by atoms with Crippen molar-refractivity contribution in [3.63, 3.8) is 0 Å². The van der Waals surface area contributed by atoms with Crippen LogP contribution in [0.25, 0.3) is 0 Å². The third-order valence-corrected chi connectivity index (χ3v) is 6.16. The first-order chi connectivity index (χ1) is 13.8. The van der Waals surface area contributed by atoms with E-state index in [1.807, 2.05) is 19.1 Å². The number of halogens is 3. The van der Waals surface area contributed by atoms with E-state index in [0.29, 0.717) is 16.9 Å². The van der Waals surface area contributed by atoms with Gasteiger partial charge in [-0.2, -0.15) is 13.2 Å². The first-order valence-corrected chi connectivity index (χ1v) is 10.1. The molecule has 2 atom stereocenters. The van der Waals surface area contributed by atoms with Gasteiger partial charge in [0.15, 0.2) is 0 Å². The summed E-state index contributed by atoms with van der Waals surface area (Å²) >= 11 is 1.32. The monoisotopic (exact) mass is 423 g/mol. The molecule has 0 N–H and O–H groups in total. The quantitative estimate of drug-likeness (QED) is 0.669. The van der Waals surface area contributed by atoms with Crippen LogP contribution in [0, 0.1) is 0 Å². The minimum atomic E-state index is -4.44. The van der Waals surface area contributed by atoms with Crippen molar-refractivity contribution in [1.29, 1.82) is 0 Å². The molecule has 2 aromatic carbocycles. The van der Waals surface area contributed by atoms with Gasteiger partial charge in [-0.3, -0.25) is 4.79 Å². The zero-order chi connectivity index (χ0) is 21.2. The number of ether oxygens (including phenoxy) is 1. The summed E-state index contributed by atoms with van der Waals surface area (Å²) in [4.78, 5) is 26.9. The van der Waals surface area contributed by atoms with Gasteiger partial charge in [-0.25, -0.2) is 4.79 Å². The lowest BCUT2D eigenvalue weighted by Gasteiger charge is -2.28. The van der Waals surface area contributed by atoms with Crippen molar-refractivity contribution < 1.29 is 27.5 Å². The summed E-state index contributed by atoms with van der Waals surface area (Å²) < 4.78 is 43.4. The SMILES string of the molecule is CCc1ccc(C(=O)N2C(C(=O)OC)CSC2c2ccc(C(F)(F)F)cc2)cc1. The molecule has 1 amide bonds. The van der Waals surface area contributed by atoms with Crippen molar-refractivity contribution in [3.8, 4) is 0 Å². The van der Waals surface area contributed by atoms with E-state index in [-0.39, 0.29) is 5.91 Å². The molecule has 2 unspecified atom stereocenters. The van der Waals surface area contributed by atoms with E-state index < -0.39 is 29.1 Å². The van der Waals surface area contributed by atoms with Gasteiger partial charge in [-0.15, -0.1) is 11.8 Å². The molecule has 29 heavy (non-hydrogen) atoms. The second kappa shape index (κ2) is 8.49. The van der Waals surface area contributed by atoms with Crippen LogP contribution in [-0.2, 0) is 22.1 Å². The van der Waals surface area contributed by atoms with Gasteiger partial charge in [0.2, 0.25) is 0 Å². The van der Waals surface area contributed by atoms with Crippen molar-refractivity contribution >= 4 is 23.6 Å². The lowest BCUT2D eigenvalue weighted by Crippen LogP contribution is -2.43. The largest absolute Gasteiger partial charge is 0.467 e. The lowest BCUT2D eigenvalue weighted by atomic mass is 10.1. The third kappa shape index (κ3) is 4.42. The fraction of sp³-hybridized carbons (Fsp3) is 0.333. The number of alkyl halides is 3. The van der Waals surface area contributed by atoms with Gasteiger partial charge >= 0.3 is 12.1 Å². The van der Waals surface area contributed by atoms with Crippen LogP contribution in [-0.4, -0.2) is 35.7 Å². The molecule has 1 heterocycles. The number of carbonyl (C=O) groups excluding carboxylic acids is 2. The number of nitrogens with zero attached hydrogens (tertiary/aromatic N) is 1. The van der Waals surface area contributed by atoms with Gasteiger partial charge in [0.25, 0.3) is 5.91 Å². The molecular formula is C21H20F3NO3S. The van der Waals surface area contributed by atoms with E-state index in [0.717, 1.165) is 24.1 Å². The van der Waals surface area contributed by atoms with Gasteiger partial charge in [-0.05, 0) is 41.8 Å². The van der Waals surface area contributed by atoms with Gasteiger partial charge < -0.3 is 9.64 Å². The number of aryl methyl sites for hydroxylation is 1. The molecule has 0 radical (unpaired) electrons. The standard InChI is InChI=1S/C21H20F3NO3S/c1-3-13-4-6-14(7-5-13)18(26)25-17(20(27)28-2)12-29-19(25)15-8-10-16(11-9-15)21(22,23)24/h4-11,17,19H,3,12H2,1-2H3. The predicted molar refractivity (Wildman–Crippen MR) is 104 cm³/mol. The van der Waals surface area contributed by atoms with Crippen LogP contribution in [0.2, 0.25) is 0 Å². The van der Waals surface area contributed by atoms with E-state index in [4.69, 9.17) is 4.74 Å². The number of carbonyl (C=O) groups is 2. The minimum absolute atomic E-state index is 0.303. The van der Waals surface area contributed by atoms with Crippen LogP contribution in [0.3, 0.4) is 0 Å². The molecule has 0 bridgehead atoms. The number of hydrogen-bond donors (Lipinski definition) is 0. The average Bonchev–Trinajstić information content (AvgIpc) is 3.17. The molecule has 4 nitrogen and oxygen atoms in total. The highest BCUT2D eigenvalue weighted by atomic mass is 32.2. The average molecular weight is 423 g/mol. The zero-order valence-corrected chi connectivity index (χ0v) is 16.7. The summed E-state index contributed by atoms with van der Waals surface area (Å²) in [7, 11) is 1.25. The number of esters is 1. The van der Waals surface area contributed by atoms with Crippen molar-refractivity contribution in [1.82, 2.24) is 4.90 Å². The first kappa shape index (κ1) is 21.2. The maximum Gasteiger partial charge on any atom is 0.416 e. The molecule has 1 aliphatic rings. The Balaban J connectivity index is 1.95. The summed E-state index contributed by atoms with van der Waals surface area (Å²) in [6.07, 6.45) is -3.61. The Bertz CT molecular complexity index is 882. The topological polar surface area (TPSA) is 46.6 Å². The number of hydrogen-bond acceptors (Lipinski definition) is 4. The summed E-state index contributed by atoms with van der Waals surface area (Å²) in [6, 6.07) is 10.9. The molecular weight excluding hydrogens is 403 g/mol.